The van der Waals surface area contributed by atoms with Crippen LogP contribution in [0.15, 0.2) is 10.3 Å². The van der Waals surface area contributed by atoms with E-state index in [2.05, 4.69) is 4.72 Å². The van der Waals surface area contributed by atoms with E-state index < -0.39 is 16.0 Å². The second-order valence-electron chi connectivity index (χ2n) is 5.73. The van der Waals surface area contributed by atoms with Crippen molar-refractivity contribution in [2.75, 3.05) is 13.1 Å². The van der Waals surface area contributed by atoms with E-state index in [-0.39, 0.29) is 18.6 Å². The fourth-order valence-electron chi connectivity index (χ4n) is 2.81. The molecule has 0 atom stereocenters. The summed E-state index contributed by atoms with van der Waals surface area (Å²) in [6, 6.07) is 1.90. The summed E-state index contributed by atoms with van der Waals surface area (Å²) in [4.78, 5) is 13.6. The molecule has 1 heterocycles. The van der Waals surface area contributed by atoms with Crippen molar-refractivity contribution in [3.63, 3.8) is 0 Å². The predicted molar refractivity (Wildman–Crippen MR) is 85.8 cm³/mol. The lowest BCUT2D eigenvalue weighted by atomic mass is 9.86. The van der Waals surface area contributed by atoms with E-state index in [1.165, 1.54) is 11.3 Å². The lowest BCUT2D eigenvalue weighted by Crippen LogP contribution is -2.54. The van der Waals surface area contributed by atoms with Gasteiger partial charge in [-0.25, -0.2) is 13.1 Å². The van der Waals surface area contributed by atoms with Crippen molar-refractivity contribution in [1.82, 2.24) is 9.62 Å². The van der Waals surface area contributed by atoms with Gasteiger partial charge in [-0.2, -0.15) is 0 Å². The van der Waals surface area contributed by atoms with E-state index in [4.69, 9.17) is 5.11 Å². The number of carbonyl (C=O) groups is 1. The Bertz CT molecular complexity index is 648. The summed E-state index contributed by atoms with van der Waals surface area (Å²) in [5.74, 6) is -0.851. The zero-order valence-corrected chi connectivity index (χ0v) is 14.6. The monoisotopic (exact) mass is 346 g/mol. The number of aliphatic carboxylic acids is 1. The summed E-state index contributed by atoms with van der Waals surface area (Å²) in [7, 11) is -3.48. The third-order valence-electron chi connectivity index (χ3n) is 3.94. The summed E-state index contributed by atoms with van der Waals surface area (Å²) in [6.45, 7) is 6.26. The van der Waals surface area contributed by atoms with Gasteiger partial charge in [0.25, 0.3) is 10.0 Å². The normalized spacial score (nSPS) is 21.8. The average Bonchev–Trinajstić information content (AvgIpc) is 2.70. The first kappa shape index (κ1) is 17.4. The number of nitrogens with zero attached hydrogens (tertiary/aromatic N) is 1. The molecule has 0 spiro atoms. The first-order chi connectivity index (χ1) is 10.2. The van der Waals surface area contributed by atoms with E-state index in [0.29, 0.717) is 23.6 Å². The minimum Gasteiger partial charge on any atom is -0.480 e. The van der Waals surface area contributed by atoms with Crippen LogP contribution in [0.25, 0.3) is 0 Å². The Kier molecular flexibility index (Phi) is 5.26. The van der Waals surface area contributed by atoms with E-state index in [1.54, 1.807) is 6.92 Å². The minimum atomic E-state index is -3.48. The molecule has 1 fully saturated rings. The second kappa shape index (κ2) is 6.66. The second-order valence-corrected chi connectivity index (χ2v) is 8.89. The van der Waals surface area contributed by atoms with Crippen molar-refractivity contribution in [3.8, 4) is 0 Å². The number of sulfonamides is 1. The molecule has 0 saturated heterocycles. The SMILES string of the molecule is CCN(CC(=O)O)C1CC(NS(=O)(=O)c2sc(C)cc2C)C1. The molecule has 2 N–H and O–H groups in total. The molecule has 0 amide bonds. The van der Waals surface area contributed by atoms with Crippen LogP contribution in [-0.2, 0) is 14.8 Å². The van der Waals surface area contributed by atoms with Crippen LogP contribution in [0.4, 0.5) is 0 Å². The van der Waals surface area contributed by atoms with Gasteiger partial charge in [-0.05, 0) is 44.9 Å². The Morgan fingerprint density at radius 2 is 2.09 bits per heavy atom. The van der Waals surface area contributed by atoms with E-state index in [0.717, 1.165) is 10.4 Å². The van der Waals surface area contributed by atoms with Gasteiger partial charge < -0.3 is 5.11 Å². The van der Waals surface area contributed by atoms with Crippen LogP contribution >= 0.6 is 11.3 Å². The van der Waals surface area contributed by atoms with Crippen molar-refractivity contribution >= 4 is 27.3 Å². The van der Waals surface area contributed by atoms with Crippen LogP contribution in [0.1, 0.15) is 30.2 Å². The molecule has 1 aliphatic rings. The molecule has 0 bridgehead atoms. The molecular formula is C14H22N2O4S2. The smallest absolute Gasteiger partial charge is 0.317 e. The van der Waals surface area contributed by atoms with Gasteiger partial charge in [0.1, 0.15) is 4.21 Å². The lowest BCUT2D eigenvalue weighted by Gasteiger charge is -2.42. The highest BCUT2D eigenvalue weighted by atomic mass is 32.2. The van der Waals surface area contributed by atoms with Gasteiger partial charge >= 0.3 is 5.97 Å². The predicted octanol–water partition coefficient (Wildman–Crippen LogP) is 1.58. The number of aryl methyl sites for hydroxylation is 2. The summed E-state index contributed by atoms with van der Waals surface area (Å²) in [6.07, 6.45) is 1.31. The lowest BCUT2D eigenvalue weighted by molar-refractivity contribution is -0.139. The third kappa shape index (κ3) is 3.87. The fourth-order valence-corrected chi connectivity index (χ4v) is 5.76. The van der Waals surface area contributed by atoms with Crippen LogP contribution in [0, 0.1) is 13.8 Å². The first-order valence-electron chi connectivity index (χ1n) is 7.28. The molecule has 8 heteroatoms. The van der Waals surface area contributed by atoms with E-state index in [9.17, 15) is 13.2 Å². The third-order valence-corrected chi connectivity index (χ3v) is 7.24. The van der Waals surface area contributed by atoms with Crippen LogP contribution in [0.5, 0.6) is 0 Å². The van der Waals surface area contributed by atoms with E-state index >= 15 is 0 Å². The zero-order chi connectivity index (χ0) is 16.5. The number of thiophene rings is 1. The molecule has 6 nitrogen and oxygen atoms in total. The van der Waals surface area contributed by atoms with Gasteiger partial charge in [0, 0.05) is 17.0 Å². The topological polar surface area (TPSA) is 86.7 Å². The Labute approximate surface area is 135 Å². The molecule has 1 aromatic heterocycles. The Hall–Kier alpha value is -0.960. The van der Waals surface area contributed by atoms with Crippen molar-refractivity contribution < 1.29 is 18.3 Å². The molecule has 1 aliphatic carbocycles. The van der Waals surface area contributed by atoms with Crippen molar-refractivity contribution in [1.29, 1.82) is 0 Å². The maximum absolute atomic E-state index is 12.4. The zero-order valence-electron chi connectivity index (χ0n) is 13.0. The Balaban J connectivity index is 1.94. The van der Waals surface area contributed by atoms with Crippen LogP contribution in [0.3, 0.4) is 0 Å². The maximum Gasteiger partial charge on any atom is 0.317 e. The van der Waals surface area contributed by atoms with E-state index in [1.807, 2.05) is 24.8 Å². The number of carboxylic acids is 1. The standard InChI is InChI=1S/C14H22N2O4S2/c1-4-16(8-13(17)18)12-6-11(7-12)15-22(19,20)14-9(2)5-10(3)21-14/h5,11-12,15H,4,6-8H2,1-3H3,(H,17,18). The molecule has 124 valence electrons. The highest BCUT2D eigenvalue weighted by Gasteiger charge is 2.36. The average molecular weight is 346 g/mol. The highest BCUT2D eigenvalue weighted by molar-refractivity contribution is 7.91. The minimum absolute atomic E-state index is 0.00383. The fraction of sp³-hybridized carbons (Fsp3) is 0.643. The number of likely N-dealkylation sites (N-methyl/N-ethyl adjacent to an activating group) is 1. The largest absolute Gasteiger partial charge is 0.480 e. The van der Waals surface area contributed by atoms with Crippen LogP contribution < -0.4 is 4.72 Å². The van der Waals surface area contributed by atoms with Crippen molar-refractivity contribution in [2.45, 2.75) is 49.9 Å². The summed E-state index contributed by atoms with van der Waals surface area (Å²) < 4.78 is 27.9. The first-order valence-corrected chi connectivity index (χ1v) is 9.58. The molecule has 0 aliphatic heterocycles. The van der Waals surface area contributed by atoms with Gasteiger partial charge in [-0.1, -0.05) is 6.92 Å². The summed E-state index contributed by atoms with van der Waals surface area (Å²) in [5.41, 5.74) is 0.770. The molecule has 2 rings (SSSR count). The number of nitrogens with one attached hydrogen (secondary N) is 1. The molecule has 1 aromatic rings. The summed E-state index contributed by atoms with van der Waals surface area (Å²) in [5, 5.41) is 8.87. The Morgan fingerprint density at radius 3 is 2.55 bits per heavy atom. The molecule has 1 saturated carbocycles. The van der Waals surface area contributed by atoms with Gasteiger partial charge in [0.05, 0.1) is 6.54 Å². The van der Waals surface area contributed by atoms with Crippen molar-refractivity contribution in [2.24, 2.45) is 0 Å². The molecule has 0 radical (unpaired) electrons. The Morgan fingerprint density at radius 1 is 1.45 bits per heavy atom. The van der Waals surface area contributed by atoms with Crippen LogP contribution in [0.2, 0.25) is 0 Å². The van der Waals surface area contributed by atoms with Gasteiger partial charge in [0.15, 0.2) is 0 Å². The summed E-state index contributed by atoms with van der Waals surface area (Å²) >= 11 is 1.28. The number of hydrogen-bond acceptors (Lipinski definition) is 5. The molecule has 0 unspecified atom stereocenters. The maximum atomic E-state index is 12.4. The number of hydrogen-bond donors (Lipinski definition) is 2. The van der Waals surface area contributed by atoms with Gasteiger partial charge in [-0.3, -0.25) is 9.69 Å². The number of rotatable bonds is 7. The molecular weight excluding hydrogens is 324 g/mol. The van der Waals surface area contributed by atoms with Crippen molar-refractivity contribution in [3.05, 3.63) is 16.5 Å². The van der Waals surface area contributed by atoms with Crippen LogP contribution in [-0.4, -0.2) is 49.6 Å². The molecule has 22 heavy (non-hydrogen) atoms. The highest BCUT2D eigenvalue weighted by Crippen LogP contribution is 2.30. The van der Waals surface area contributed by atoms with Gasteiger partial charge in [-0.15, -0.1) is 11.3 Å². The molecule has 0 aromatic carbocycles. The number of carboxylic acid groups (broad SMARTS) is 1. The quantitative estimate of drug-likeness (QED) is 0.783. The van der Waals surface area contributed by atoms with Gasteiger partial charge in [0.2, 0.25) is 0 Å².